The first-order valence-corrected chi connectivity index (χ1v) is 9.24. The lowest BCUT2D eigenvalue weighted by Crippen LogP contribution is -2.43. The lowest BCUT2D eigenvalue weighted by atomic mass is 10.2. The smallest absolute Gasteiger partial charge is 0.263 e. The number of carbonyl (C=O) groups excluding carboxylic acids is 2. The Hall–Kier alpha value is -3.09. The molecule has 6 nitrogen and oxygen atoms in total. The largest absolute Gasteiger partial charge is 0.508 e. The predicted molar refractivity (Wildman–Crippen MR) is 102 cm³/mol. The molecule has 0 radical (unpaired) electrons. The van der Waals surface area contributed by atoms with Gasteiger partial charge in [-0.25, -0.2) is 4.39 Å². The Bertz CT molecular complexity index is 841. The quantitative estimate of drug-likeness (QED) is 0.877. The molecule has 1 N–H and O–H groups in total. The fraction of sp³-hybridized carbons (Fsp3) is 0.333. The van der Waals surface area contributed by atoms with Gasteiger partial charge in [-0.1, -0.05) is 12.1 Å². The number of phenols is 1. The Morgan fingerprint density at radius 1 is 1.00 bits per heavy atom. The van der Waals surface area contributed by atoms with Gasteiger partial charge in [0.2, 0.25) is 0 Å². The number of rotatable bonds is 4. The number of hydrogen-bond acceptors (Lipinski definition) is 4. The van der Waals surface area contributed by atoms with Gasteiger partial charge in [-0.2, -0.15) is 0 Å². The van der Waals surface area contributed by atoms with Gasteiger partial charge in [-0.15, -0.1) is 0 Å². The molecule has 1 saturated heterocycles. The van der Waals surface area contributed by atoms with E-state index in [0.29, 0.717) is 38.3 Å². The topological polar surface area (TPSA) is 70.1 Å². The van der Waals surface area contributed by atoms with Crippen molar-refractivity contribution < 1.29 is 23.8 Å². The molecule has 0 aromatic heterocycles. The molecular formula is C21H23FN2O4. The molecule has 1 atom stereocenters. The molecule has 148 valence electrons. The van der Waals surface area contributed by atoms with Crippen LogP contribution in [0, 0.1) is 5.82 Å². The molecule has 1 aliphatic rings. The van der Waals surface area contributed by atoms with Gasteiger partial charge >= 0.3 is 0 Å². The summed E-state index contributed by atoms with van der Waals surface area (Å²) in [6.45, 7) is 3.34. The highest BCUT2D eigenvalue weighted by Crippen LogP contribution is 2.18. The zero-order chi connectivity index (χ0) is 20.1. The van der Waals surface area contributed by atoms with Crippen molar-refractivity contribution in [1.29, 1.82) is 0 Å². The summed E-state index contributed by atoms with van der Waals surface area (Å²) in [5.41, 5.74) is 0.0475. The number of halogens is 1. The van der Waals surface area contributed by atoms with Gasteiger partial charge in [-0.3, -0.25) is 9.59 Å². The van der Waals surface area contributed by atoms with Crippen LogP contribution in [0.25, 0.3) is 0 Å². The van der Waals surface area contributed by atoms with Crippen LogP contribution in [-0.4, -0.2) is 59.0 Å². The number of nitrogens with zero attached hydrogens (tertiary/aromatic N) is 2. The monoisotopic (exact) mass is 386 g/mol. The van der Waals surface area contributed by atoms with Crippen molar-refractivity contribution in [3.05, 3.63) is 59.9 Å². The van der Waals surface area contributed by atoms with Gasteiger partial charge in [0.15, 0.2) is 6.10 Å². The first-order valence-electron chi connectivity index (χ1n) is 9.24. The molecule has 1 aliphatic heterocycles. The maximum Gasteiger partial charge on any atom is 0.263 e. The third kappa shape index (κ3) is 4.60. The molecule has 0 saturated carbocycles. The van der Waals surface area contributed by atoms with E-state index in [1.807, 2.05) is 0 Å². The summed E-state index contributed by atoms with van der Waals surface area (Å²) in [5, 5.41) is 9.32. The number of hydrogen-bond donors (Lipinski definition) is 1. The summed E-state index contributed by atoms with van der Waals surface area (Å²) in [6.07, 6.45) is -0.0870. The van der Waals surface area contributed by atoms with Crippen LogP contribution in [0.1, 0.15) is 23.7 Å². The van der Waals surface area contributed by atoms with Crippen LogP contribution in [0.4, 0.5) is 4.39 Å². The number of aromatic hydroxyl groups is 1. The van der Waals surface area contributed by atoms with E-state index in [-0.39, 0.29) is 23.1 Å². The zero-order valence-electron chi connectivity index (χ0n) is 15.7. The molecule has 1 fully saturated rings. The van der Waals surface area contributed by atoms with Crippen LogP contribution in [0.3, 0.4) is 0 Å². The molecule has 2 aromatic carbocycles. The van der Waals surface area contributed by atoms with Crippen molar-refractivity contribution in [3.8, 4) is 11.5 Å². The highest BCUT2D eigenvalue weighted by atomic mass is 19.1. The van der Waals surface area contributed by atoms with Crippen molar-refractivity contribution >= 4 is 11.8 Å². The standard InChI is InChI=1S/C21H23FN2O4/c1-15(28-17-9-7-16(25)8-10-17)20(26)23-11-4-12-24(14-13-23)21(27)18-5-2-3-6-19(18)22/h2-3,5-10,15,25H,4,11-14H2,1H3. The normalized spacial score (nSPS) is 15.6. The Balaban J connectivity index is 1.59. The summed E-state index contributed by atoms with van der Waals surface area (Å²) in [6, 6.07) is 12.1. The summed E-state index contributed by atoms with van der Waals surface area (Å²) in [7, 11) is 0. The van der Waals surface area contributed by atoms with Crippen LogP contribution < -0.4 is 4.74 Å². The average molecular weight is 386 g/mol. The first-order chi connectivity index (χ1) is 13.5. The van der Waals surface area contributed by atoms with Crippen LogP contribution in [0.15, 0.2) is 48.5 Å². The fourth-order valence-electron chi connectivity index (χ4n) is 3.18. The lowest BCUT2D eigenvalue weighted by Gasteiger charge is -2.25. The van der Waals surface area contributed by atoms with Crippen LogP contribution in [0.5, 0.6) is 11.5 Å². The second kappa shape index (κ2) is 8.73. The van der Waals surface area contributed by atoms with Crippen molar-refractivity contribution in [2.75, 3.05) is 26.2 Å². The highest BCUT2D eigenvalue weighted by Gasteiger charge is 2.27. The third-order valence-corrected chi connectivity index (χ3v) is 4.70. The molecule has 28 heavy (non-hydrogen) atoms. The number of benzene rings is 2. The molecule has 2 aromatic rings. The second-order valence-electron chi connectivity index (χ2n) is 6.70. The van der Waals surface area contributed by atoms with Crippen molar-refractivity contribution in [2.24, 2.45) is 0 Å². The van der Waals surface area contributed by atoms with Gasteiger partial charge in [-0.05, 0) is 49.7 Å². The summed E-state index contributed by atoms with van der Waals surface area (Å²) in [4.78, 5) is 28.5. The summed E-state index contributed by atoms with van der Waals surface area (Å²) < 4.78 is 19.5. The Kier molecular flexibility index (Phi) is 6.13. The molecule has 0 aliphatic carbocycles. The lowest BCUT2D eigenvalue weighted by molar-refractivity contribution is -0.137. The van der Waals surface area contributed by atoms with E-state index in [2.05, 4.69) is 0 Å². The molecule has 1 unspecified atom stereocenters. The van der Waals surface area contributed by atoms with Crippen molar-refractivity contribution in [1.82, 2.24) is 9.80 Å². The van der Waals surface area contributed by atoms with Gasteiger partial charge < -0.3 is 19.6 Å². The zero-order valence-corrected chi connectivity index (χ0v) is 15.7. The minimum absolute atomic E-state index is 0.0475. The molecule has 3 rings (SSSR count). The van der Waals surface area contributed by atoms with E-state index >= 15 is 0 Å². The van der Waals surface area contributed by atoms with Crippen molar-refractivity contribution in [2.45, 2.75) is 19.4 Å². The molecule has 2 amide bonds. The average Bonchev–Trinajstić information content (AvgIpc) is 2.95. The molecule has 0 spiro atoms. The Labute approximate surface area is 163 Å². The second-order valence-corrected chi connectivity index (χ2v) is 6.70. The molecular weight excluding hydrogens is 363 g/mol. The number of phenolic OH excluding ortho intramolecular Hbond substituents is 1. The summed E-state index contributed by atoms with van der Waals surface area (Å²) >= 11 is 0. The number of amides is 2. The van der Waals surface area contributed by atoms with Gasteiger partial charge in [0.1, 0.15) is 17.3 Å². The number of carbonyl (C=O) groups is 2. The molecule has 7 heteroatoms. The fourth-order valence-corrected chi connectivity index (χ4v) is 3.18. The Morgan fingerprint density at radius 2 is 1.64 bits per heavy atom. The summed E-state index contributed by atoms with van der Waals surface area (Å²) in [5.74, 6) is -0.460. The van der Waals surface area contributed by atoms with E-state index in [4.69, 9.17) is 4.74 Å². The third-order valence-electron chi connectivity index (χ3n) is 4.70. The minimum Gasteiger partial charge on any atom is -0.508 e. The SMILES string of the molecule is CC(Oc1ccc(O)cc1)C(=O)N1CCCN(C(=O)c2ccccc2F)CC1. The van der Waals surface area contributed by atoms with Crippen molar-refractivity contribution in [3.63, 3.8) is 0 Å². The Morgan fingerprint density at radius 3 is 2.36 bits per heavy atom. The van der Waals surface area contributed by atoms with Crippen LogP contribution in [0.2, 0.25) is 0 Å². The van der Waals surface area contributed by atoms with E-state index in [1.54, 1.807) is 41.0 Å². The van der Waals surface area contributed by atoms with E-state index < -0.39 is 11.9 Å². The van der Waals surface area contributed by atoms with E-state index in [9.17, 15) is 19.1 Å². The highest BCUT2D eigenvalue weighted by molar-refractivity contribution is 5.94. The molecule has 0 bridgehead atoms. The maximum absolute atomic E-state index is 13.9. The van der Waals surface area contributed by atoms with Gasteiger partial charge in [0.05, 0.1) is 5.56 Å². The van der Waals surface area contributed by atoms with Gasteiger partial charge in [0, 0.05) is 26.2 Å². The first kappa shape index (κ1) is 19.7. The maximum atomic E-state index is 13.9. The van der Waals surface area contributed by atoms with Crippen LogP contribution >= 0.6 is 0 Å². The molecule has 1 heterocycles. The van der Waals surface area contributed by atoms with E-state index in [0.717, 1.165) is 0 Å². The number of ether oxygens (including phenoxy) is 1. The minimum atomic E-state index is -0.696. The van der Waals surface area contributed by atoms with Crippen LogP contribution in [-0.2, 0) is 4.79 Å². The van der Waals surface area contributed by atoms with Gasteiger partial charge in [0.25, 0.3) is 11.8 Å². The predicted octanol–water partition coefficient (Wildman–Crippen LogP) is 2.67. The van der Waals surface area contributed by atoms with E-state index in [1.165, 1.54) is 24.3 Å².